The van der Waals surface area contributed by atoms with Crippen molar-refractivity contribution in [1.82, 2.24) is 14.8 Å². The number of hydrogen-bond acceptors (Lipinski definition) is 4. The van der Waals surface area contributed by atoms with Crippen molar-refractivity contribution in [2.75, 3.05) is 0 Å². The lowest BCUT2D eigenvalue weighted by molar-refractivity contribution is 0.544. The zero-order chi connectivity index (χ0) is 17.9. The topological polar surface area (TPSA) is 43.9 Å². The molecule has 0 N–H and O–H groups in total. The number of furan rings is 1. The van der Waals surface area contributed by atoms with Crippen LogP contribution in [0.5, 0.6) is 0 Å². The van der Waals surface area contributed by atoms with E-state index in [0.29, 0.717) is 5.75 Å². The third-order valence-electron chi connectivity index (χ3n) is 4.21. The molecule has 4 rings (SSSR count). The van der Waals surface area contributed by atoms with Gasteiger partial charge in [0, 0.05) is 18.2 Å². The van der Waals surface area contributed by atoms with Crippen molar-refractivity contribution >= 4 is 11.8 Å². The Morgan fingerprint density at radius 3 is 2.42 bits per heavy atom. The van der Waals surface area contributed by atoms with Crippen molar-refractivity contribution in [3.05, 3.63) is 78.1 Å². The fraction of sp³-hybridized carbons (Fsp3) is 0.143. The van der Waals surface area contributed by atoms with Crippen LogP contribution in [0.2, 0.25) is 0 Å². The van der Waals surface area contributed by atoms with E-state index < -0.39 is 0 Å². The maximum Gasteiger partial charge on any atom is 0.191 e. The molecule has 0 radical (unpaired) electrons. The molecular formula is C21H19N3OS. The first kappa shape index (κ1) is 16.7. The second-order valence-electron chi connectivity index (χ2n) is 6.15. The number of rotatable bonds is 5. The normalized spacial score (nSPS) is 11.0. The van der Waals surface area contributed by atoms with Gasteiger partial charge in [0.2, 0.25) is 0 Å². The van der Waals surface area contributed by atoms with Gasteiger partial charge in [-0.2, -0.15) is 0 Å². The SMILES string of the molecule is Cc1ccc(-c2nnc(SCc3ccc(-c4ccccc4)o3)n2C)cc1. The van der Waals surface area contributed by atoms with Crippen LogP contribution in [0.4, 0.5) is 0 Å². The van der Waals surface area contributed by atoms with Gasteiger partial charge < -0.3 is 8.98 Å². The number of aryl methyl sites for hydroxylation is 1. The van der Waals surface area contributed by atoms with Gasteiger partial charge >= 0.3 is 0 Å². The zero-order valence-corrected chi connectivity index (χ0v) is 15.5. The van der Waals surface area contributed by atoms with Gasteiger partial charge in [0.15, 0.2) is 11.0 Å². The van der Waals surface area contributed by atoms with E-state index in [9.17, 15) is 0 Å². The van der Waals surface area contributed by atoms with Crippen LogP contribution in [0, 0.1) is 6.92 Å². The zero-order valence-electron chi connectivity index (χ0n) is 14.7. The van der Waals surface area contributed by atoms with Gasteiger partial charge in [-0.25, -0.2) is 0 Å². The number of aromatic nitrogens is 3. The van der Waals surface area contributed by atoms with Gasteiger partial charge in [0.25, 0.3) is 0 Å². The Labute approximate surface area is 156 Å². The smallest absolute Gasteiger partial charge is 0.191 e. The molecule has 2 heterocycles. The maximum atomic E-state index is 5.96. The molecule has 0 fully saturated rings. The Kier molecular flexibility index (Phi) is 4.63. The van der Waals surface area contributed by atoms with Crippen LogP contribution in [0.1, 0.15) is 11.3 Å². The molecule has 2 aromatic carbocycles. The highest BCUT2D eigenvalue weighted by atomic mass is 32.2. The number of thioether (sulfide) groups is 1. The molecule has 4 aromatic rings. The molecule has 0 atom stereocenters. The fourth-order valence-corrected chi connectivity index (χ4v) is 3.55. The monoisotopic (exact) mass is 361 g/mol. The molecule has 0 aliphatic carbocycles. The van der Waals surface area contributed by atoms with E-state index in [1.165, 1.54) is 5.56 Å². The van der Waals surface area contributed by atoms with E-state index in [0.717, 1.165) is 33.6 Å². The van der Waals surface area contributed by atoms with E-state index in [1.54, 1.807) is 11.8 Å². The molecule has 26 heavy (non-hydrogen) atoms. The van der Waals surface area contributed by atoms with E-state index in [4.69, 9.17) is 4.42 Å². The van der Waals surface area contributed by atoms with Crippen molar-refractivity contribution < 1.29 is 4.42 Å². The van der Waals surface area contributed by atoms with Crippen LogP contribution in [-0.4, -0.2) is 14.8 Å². The predicted molar refractivity (Wildman–Crippen MR) is 105 cm³/mol. The second kappa shape index (κ2) is 7.22. The minimum atomic E-state index is 0.715. The van der Waals surface area contributed by atoms with Crippen LogP contribution in [0.3, 0.4) is 0 Å². The van der Waals surface area contributed by atoms with Crippen LogP contribution < -0.4 is 0 Å². The minimum absolute atomic E-state index is 0.715. The Bertz CT molecular complexity index is 1000. The summed E-state index contributed by atoms with van der Waals surface area (Å²) in [5.74, 6) is 3.40. The largest absolute Gasteiger partial charge is 0.460 e. The van der Waals surface area contributed by atoms with Gasteiger partial charge in [0.05, 0.1) is 5.75 Å². The Morgan fingerprint density at radius 1 is 0.885 bits per heavy atom. The summed E-state index contributed by atoms with van der Waals surface area (Å²) in [6.07, 6.45) is 0. The van der Waals surface area contributed by atoms with Gasteiger partial charge in [-0.1, -0.05) is 71.9 Å². The lowest BCUT2D eigenvalue weighted by Crippen LogP contribution is -1.95. The highest BCUT2D eigenvalue weighted by Gasteiger charge is 2.12. The molecule has 0 aliphatic rings. The molecule has 4 nitrogen and oxygen atoms in total. The quantitative estimate of drug-likeness (QED) is 0.450. The number of nitrogens with zero attached hydrogens (tertiary/aromatic N) is 3. The molecule has 0 spiro atoms. The van der Waals surface area contributed by atoms with Gasteiger partial charge in [-0.3, -0.25) is 0 Å². The third kappa shape index (κ3) is 3.44. The summed E-state index contributed by atoms with van der Waals surface area (Å²) >= 11 is 1.62. The molecule has 5 heteroatoms. The first-order valence-electron chi connectivity index (χ1n) is 8.44. The van der Waals surface area contributed by atoms with Crippen molar-refractivity contribution in [2.24, 2.45) is 7.05 Å². The van der Waals surface area contributed by atoms with E-state index >= 15 is 0 Å². The van der Waals surface area contributed by atoms with E-state index in [2.05, 4.69) is 41.4 Å². The van der Waals surface area contributed by atoms with Crippen molar-refractivity contribution in [2.45, 2.75) is 17.8 Å². The minimum Gasteiger partial charge on any atom is -0.460 e. The summed E-state index contributed by atoms with van der Waals surface area (Å²) in [6, 6.07) is 22.5. The molecule has 0 saturated heterocycles. The molecule has 0 aliphatic heterocycles. The first-order chi connectivity index (χ1) is 12.7. The van der Waals surface area contributed by atoms with E-state index in [-0.39, 0.29) is 0 Å². The fourth-order valence-electron chi connectivity index (χ4n) is 2.74. The Morgan fingerprint density at radius 2 is 1.65 bits per heavy atom. The predicted octanol–water partition coefficient (Wildman–Crippen LogP) is 5.34. The van der Waals surface area contributed by atoms with Crippen LogP contribution in [-0.2, 0) is 12.8 Å². The Balaban J connectivity index is 1.47. The summed E-state index contributed by atoms with van der Waals surface area (Å²) in [5, 5.41) is 9.54. The molecule has 0 saturated carbocycles. The third-order valence-corrected chi connectivity index (χ3v) is 5.25. The summed E-state index contributed by atoms with van der Waals surface area (Å²) in [7, 11) is 2.00. The maximum absolute atomic E-state index is 5.96. The lowest BCUT2D eigenvalue weighted by Gasteiger charge is -2.03. The molecular weight excluding hydrogens is 342 g/mol. The molecule has 0 unspecified atom stereocenters. The van der Waals surface area contributed by atoms with E-state index in [1.807, 2.05) is 54.1 Å². The van der Waals surface area contributed by atoms with Crippen molar-refractivity contribution in [3.8, 4) is 22.7 Å². The average Bonchev–Trinajstić information content (AvgIpc) is 3.29. The summed E-state index contributed by atoms with van der Waals surface area (Å²) in [4.78, 5) is 0. The lowest BCUT2D eigenvalue weighted by atomic mass is 10.1. The van der Waals surface area contributed by atoms with Crippen LogP contribution in [0.25, 0.3) is 22.7 Å². The Hall–Kier alpha value is -2.79. The standard InChI is InChI=1S/C21H19N3OS/c1-15-8-10-17(11-9-15)20-22-23-21(24(20)2)26-14-18-12-13-19(25-18)16-6-4-3-5-7-16/h3-13H,14H2,1-2H3. The summed E-state index contributed by atoms with van der Waals surface area (Å²) < 4.78 is 7.98. The van der Waals surface area contributed by atoms with Gasteiger partial charge in [0.1, 0.15) is 11.5 Å². The van der Waals surface area contributed by atoms with Crippen LogP contribution in [0.15, 0.2) is 76.3 Å². The molecule has 0 bridgehead atoms. The van der Waals surface area contributed by atoms with Gasteiger partial charge in [-0.05, 0) is 19.1 Å². The molecule has 130 valence electrons. The summed E-state index contributed by atoms with van der Waals surface area (Å²) in [5.41, 5.74) is 3.39. The summed E-state index contributed by atoms with van der Waals surface area (Å²) in [6.45, 7) is 2.08. The first-order valence-corrected chi connectivity index (χ1v) is 9.42. The second-order valence-corrected chi connectivity index (χ2v) is 7.09. The highest BCUT2D eigenvalue weighted by molar-refractivity contribution is 7.98. The molecule has 2 aromatic heterocycles. The highest BCUT2D eigenvalue weighted by Crippen LogP contribution is 2.28. The van der Waals surface area contributed by atoms with Crippen molar-refractivity contribution in [1.29, 1.82) is 0 Å². The van der Waals surface area contributed by atoms with Crippen molar-refractivity contribution in [3.63, 3.8) is 0 Å². The van der Waals surface area contributed by atoms with Crippen LogP contribution >= 0.6 is 11.8 Å². The van der Waals surface area contributed by atoms with Gasteiger partial charge in [-0.15, -0.1) is 10.2 Å². The average molecular weight is 361 g/mol. The number of benzene rings is 2. The number of hydrogen-bond donors (Lipinski definition) is 0. The molecule has 0 amide bonds.